The molecule has 0 heterocycles. The number of nitrogens with one attached hydrogen (secondary N) is 2. The molecule has 0 unspecified atom stereocenters. The lowest BCUT2D eigenvalue weighted by atomic mass is 9.82. The van der Waals surface area contributed by atoms with Crippen molar-refractivity contribution in [1.82, 2.24) is 5.32 Å². The number of aryl methyl sites for hydroxylation is 1. The Labute approximate surface area is 165 Å². The van der Waals surface area contributed by atoms with Gasteiger partial charge in [0.15, 0.2) is 6.61 Å². The quantitative estimate of drug-likeness (QED) is 0.726. The molecule has 1 aliphatic rings. The van der Waals surface area contributed by atoms with E-state index in [4.69, 9.17) is 4.74 Å². The van der Waals surface area contributed by atoms with E-state index in [1.54, 1.807) is 13.0 Å². The third-order valence-electron chi connectivity index (χ3n) is 4.82. The van der Waals surface area contributed by atoms with Crippen LogP contribution >= 0.6 is 0 Å². The predicted octanol–water partition coefficient (Wildman–Crippen LogP) is 3.48. The summed E-state index contributed by atoms with van der Waals surface area (Å²) in [7, 11) is 0. The highest BCUT2D eigenvalue weighted by molar-refractivity contribution is 5.94. The number of rotatable bonds is 6. The summed E-state index contributed by atoms with van der Waals surface area (Å²) in [5.74, 6) is -1.74. The fourth-order valence-electron chi connectivity index (χ4n) is 3.47. The van der Waals surface area contributed by atoms with E-state index >= 15 is 0 Å². The molecular weight excluding hydrogens is 363 g/mol. The highest BCUT2D eigenvalue weighted by Gasteiger charge is 2.44. The molecule has 0 saturated heterocycles. The molecule has 1 saturated carbocycles. The molecule has 2 rings (SSSR count). The lowest BCUT2D eigenvalue weighted by Gasteiger charge is -2.28. The SMILES string of the molecule is Cc1ccc(F)cc1NC(=O)COC(=O)C1(CC(=O)NC(C)(C)C)CCCC1. The molecular formula is C21H29FN2O4. The molecule has 7 heteroatoms. The van der Waals surface area contributed by atoms with E-state index in [1.165, 1.54) is 12.1 Å². The zero-order valence-electron chi connectivity index (χ0n) is 17.0. The van der Waals surface area contributed by atoms with Crippen molar-refractivity contribution in [2.45, 2.75) is 65.3 Å². The van der Waals surface area contributed by atoms with Crippen LogP contribution in [0.5, 0.6) is 0 Å². The van der Waals surface area contributed by atoms with Crippen molar-refractivity contribution in [3.63, 3.8) is 0 Å². The molecule has 0 aliphatic heterocycles. The van der Waals surface area contributed by atoms with Crippen molar-refractivity contribution in [3.05, 3.63) is 29.6 Å². The molecule has 2 amide bonds. The van der Waals surface area contributed by atoms with Crippen LogP contribution in [0.4, 0.5) is 10.1 Å². The molecule has 28 heavy (non-hydrogen) atoms. The molecule has 0 bridgehead atoms. The van der Waals surface area contributed by atoms with Gasteiger partial charge in [0.05, 0.1) is 5.41 Å². The smallest absolute Gasteiger partial charge is 0.313 e. The van der Waals surface area contributed by atoms with Gasteiger partial charge in [0.2, 0.25) is 5.91 Å². The summed E-state index contributed by atoms with van der Waals surface area (Å²) in [4.78, 5) is 37.2. The number of halogens is 1. The van der Waals surface area contributed by atoms with E-state index in [2.05, 4.69) is 10.6 Å². The van der Waals surface area contributed by atoms with Gasteiger partial charge in [-0.1, -0.05) is 18.9 Å². The van der Waals surface area contributed by atoms with Gasteiger partial charge in [-0.2, -0.15) is 0 Å². The van der Waals surface area contributed by atoms with E-state index in [0.717, 1.165) is 12.8 Å². The van der Waals surface area contributed by atoms with Gasteiger partial charge in [-0.25, -0.2) is 4.39 Å². The van der Waals surface area contributed by atoms with Crippen LogP contribution in [-0.4, -0.2) is 29.9 Å². The standard InChI is InChI=1S/C21H29FN2O4/c1-14-7-8-15(22)11-16(14)23-18(26)13-28-19(27)21(9-5-6-10-21)12-17(25)24-20(2,3)4/h7-8,11H,5-6,9-10,12-13H2,1-4H3,(H,23,26)(H,24,25). The van der Waals surface area contributed by atoms with Gasteiger partial charge in [-0.05, 0) is 58.2 Å². The van der Waals surface area contributed by atoms with Crippen molar-refractivity contribution in [3.8, 4) is 0 Å². The third kappa shape index (κ3) is 6.04. The number of esters is 1. The molecule has 0 atom stereocenters. The van der Waals surface area contributed by atoms with Crippen LogP contribution < -0.4 is 10.6 Å². The number of hydrogen-bond donors (Lipinski definition) is 2. The van der Waals surface area contributed by atoms with Gasteiger partial charge in [-0.15, -0.1) is 0 Å². The molecule has 2 N–H and O–H groups in total. The number of ether oxygens (including phenoxy) is 1. The Morgan fingerprint density at radius 3 is 2.39 bits per heavy atom. The average Bonchev–Trinajstić information content (AvgIpc) is 3.03. The molecule has 0 spiro atoms. The molecule has 1 fully saturated rings. The first-order chi connectivity index (χ1) is 13.0. The second kappa shape index (κ2) is 8.71. The van der Waals surface area contributed by atoms with Crippen LogP contribution in [0.3, 0.4) is 0 Å². The average molecular weight is 392 g/mol. The Morgan fingerprint density at radius 2 is 1.79 bits per heavy atom. The van der Waals surface area contributed by atoms with E-state index < -0.39 is 29.7 Å². The molecule has 154 valence electrons. The maximum atomic E-state index is 13.3. The maximum absolute atomic E-state index is 13.3. The first-order valence-corrected chi connectivity index (χ1v) is 9.55. The first kappa shape index (κ1) is 21.9. The minimum absolute atomic E-state index is 0.0493. The monoisotopic (exact) mass is 392 g/mol. The Morgan fingerprint density at radius 1 is 1.14 bits per heavy atom. The lowest BCUT2D eigenvalue weighted by Crippen LogP contribution is -2.44. The Balaban J connectivity index is 1.95. The lowest BCUT2D eigenvalue weighted by molar-refractivity contribution is -0.160. The van der Waals surface area contributed by atoms with Crippen LogP contribution in [0, 0.1) is 18.2 Å². The van der Waals surface area contributed by atoms with Gasteiger partial charge in [0, 0.05) is 17.6 Å². The van der Waals surface area contributed by atoms with Crippen LogP contribution in [0.25, 0.3) is 0 Å². The fraction of sp³-hybridized carbons (Fsp3) is 0.571. The van der Waals surface area contributed by atoms with Crippen LogP contribution in [0.1, 0.15) is 58.4 Å². The van der Waals surface area contributed by atoms with E-state index in [1.807, 2.05) is 20.8 Å². The van der Waals surface area contributed by atoms with E-state index in [-0.39, 0.29) is 17.9 Å². The number of benzene rings is 1. The molecule has 6 nitrogen and oxygen atoms in total. The van der Waals surface area contributed by atoms with Gasteiger partial charge < -0.3 is 15.4 Å². The van der Waals surface area contributed by atoms with Gasteiger partial charge in [-0.3, -0.25) is 14.4 Å². The Kier molecular flexibility index (Phi) is 6.80. The topological polar surface area (TPSA) is 84.5 Å². The normalized spacial score (nSPS) is 15.8. The fourth-order valence-corrected chi connectivity index (χ4v) is 3.47. The van der Waals surface area contributed by atoms with Gasteiger partial charge >= 0.3 is 5.97 Å². The number of anilines is 1. The Bertz CT molecular complexity index is 749. The van der Waals surface area contributed by atoms with E-state index in [0.29, 0.717) is 24.1 Å². The van der Waals surface area contributed by atoms with Crippen molar-refractivity contribution in [2.75, 3.05) is 11.9 Å². The summed E-state index contributed by atoms with van der Waals surface area (Å²) in [6.07, 6.45) is 2.86. The zero-order chi connectivity index (χ0) is 20.9. The first-order valence-electron chi connectivity index (χ1n) is 9.55. The maximum Gasteiger partial charge on any atom is 0.313 e. The summed E-state index contributed by atoms with van der Waals surface area (Å²) in [5, 5.41) is 5.42. The molecule has 1 aromatic rings. The van der Waals surface area contributed by atoms with Crippen molar-refractivity contribution in [2.24, 2.45) is 5.41 Å². The summed E-state index contributed by atoms with van der Waals surface area (Å²) in [6, 6.07) is 4.07. The number of carbonyl (C=O) groups excluding carboxylic acids is 3. The van der Waals surface area contributed by atoms with E-state index in [9.17, 15) is 18.8 Å². The third-order valence-corrected chi connectivity index (χ3v) is 4.82. The predicted molar refractivity (Wildman–Crippen MR) is 104 cm³/mol. The summed E-state index contributed by atoms with van der Waals surface area (Å²) in [5.41, 5.74) is -0.234. The summed E-state index contributed by atoms with van der Waals surface area (Å²) in [6.45, 7) is 6.90. The van der Waals surface area contributed by atoms with Crippen molar-refractivity contribution < 1.29 is 23.5 Å². The molecule has 1 aliphatic carbocycles. The Hall–Kier alpha value is -2.44. The second-order valence-corrected chi connectivity index (χ2v) is 8.55. The molecule has 1 aromatic carbocycles. The van der Waals surface area contributed by atoms with Crippen molar-refractivity contribution >= 4 is 23.5 Å². The van der Waals surface area contributed by atoms with Crippen LogP contribution in [0.15, 0.2) is 18.2 Å². The zero-order valence-corrected chi connectivity index (χ0v) is 17.0. The summed E-state index contributed by atoms with van der Waals surface area (Å²) >= 11 is 0. The molecule has 0 radical (unpaired) electrons. The highest BCUT2D eigenvalue weighted by Crippen LogP contribution is 2.42. The molecule has 0 aromatic heterocycles. The van der Waals surface area contributed by atoms with Crippen LogP contribution in [0.2, 0.25) is 0 Å². The van der Waals surface area contributed by atoms with Gasteiger partial charge in [0.25, 0.3) is 5.91 Å². The number of amides is 2. The minimum Gasteiger partial charge on any atom is -0.455 e. The van der Waals surface area contributed by atoms with Crippen LogP contribution in [-0.2, 0) is 19.1 Å². The highest BCUT2D eigenvalue weighted by atomic mass is 19.1. The van der Waals surface area contributed by atoms with Crippen molar-refractivity contribution in [1.29, 1.82) is 0 Å². The second-order valence-electron chi connectivity index (χ2n) is 8.55. The minimum atomic E-state index is -0.885. The van der Waals surface area contributed by atoms with Gasteiger partial charge in [0.1, 0.15) is 5.82 Å². The number of carbonyl (C=O) groups is 3. The number of hydrogen-bond acceptors (Lipinski definition) is 4. The summed E-state index contributed by atoms with van der Waals surface area (Å²) < 4.78 is 18.6. The largest absolute Gasteiger partial charge is 0.455 e.